The topological polar surface area (TPSA) is 78.0 Å². The first kappa shape index (κ1) is 19.7. The maximum absolute atomic E-state index is 13.1. The van der Waals surface area contributed by atoms with Crippen LogP contribution in [0.1, 0.15) is 19.8 Å². The molecule has 2 atom stereocenters. The number of carbonyl (C=O) groups excluding carboxylic acids is 2. The van der Waals surface area contributed by atoms with Crippen molar-refractivity contribution >= 4 is 33.6 Å². The van der Waals surface area contributed by atoms with Crippen LogP contribution in [-0.2, 0) is 19.6 Å². The molecule has 3 heterocycles. The van der Waals surface area contributed by atoms with E-state index in [-0.39, 0.29) is 47.8 Å². The third-order valence-corrected chi connectivity index (χ3v) is 9.15. The summed E-state index contributed by atoms with van der Waals surface area (Å²) in [5.74, 6) is -0.00393. The number of nitrogens with zero attached hydrogens (tertiary/aromatic N) is 3. The summed E-state index contributed by atoms with van der Waals surface area (Å²) in [7, 11) is -3.72. The number of sulfonamides is 1. The molecule has 10 heteroatoms. The van der Waals surface area contributed by atoms with Crippen LogP contribution in [-0.4, -0.2) is 77.2 Å². The predicted octanol–water partition coefficient (Wildman–Crippen LogP) is 1.11. The van der Waals surface area contributed by atoms with Crippen molar-refractivity contribution in [2.24, 2.45) is 0 Å². The summed E-state index contributed by atoms with van der Waals surface area (Å²) in [6.45, 7) is 2.91. The van der Waals surface area contributed by atoms with E-state index in [0.717, 1.165) is 18.6 Å². The highest BCUT2D eigenvalue weighted by Gasteiger charge is 2.53. The molecule has 0 N–H and O–H groups in total. The number of rotatable bonds is 3. The fourth-order valence-electron chi connectivity index (χ4n) is 4.12. The molecular formula is C18H22FN3O4S2. The zero-order chi connectivity index (χ0) is 20.1. The monoisotopic (exact) mass is 427 g/mol. The van der Waals surface area contributed by atoms with Crippen LogP contribution in [0.2, 0.25) is 0 Å². The normalized spacial score (nSPS) is 28.6. The molecule has 2 amide bonds. The van der Waals surface area contributed by atoms with Crippen molar-refractivity contribution in [3.05, 3.63) is 30.1 Å². The number of fused-ring (bicyclic) bond motifs is 1. The smallest absolute Gasteiger partial charge is 0.246 e. The maximum Gasteiger partial charge on any atom is 0.246 e. The maximum atomic E-state index is 13.1. The molecule has 28 heavy (non-hydrogen) atoms. The first-order valence-corrected chi connectivity index (χ1v) is 11.7. The molecule has 0 unspecified atom stereocenters. The number of halogens is 1. The van der Waals surface area contributed by atoms with Gasteiger partial charge in [-0.1, -0.05) is 0 Å². The standard InChI is InChI=1S/C18H22FN3O4S2/c1-18-7-6-16(23)22(18)15(12-27-18)17(24)20-8-10-21(11-9-20)28(25,26)14-4-2-13(19)3-5-14/h2-5,15H,6-12H2,1H3/t15-,18-/m0/s1. The SMILES string of the molecule is C[C@]12CCC(=O)N1[C@H](C(=O)N1CCN(S(=O)(=O)c3ccc(F)cc3)CC1)CS2. The minimum atomic E-state index is -3.72. The van der Waals surface area contributed by atoms with E-state index in [1.54, 1.807) is 21.6 Å². The molecule has 0 spiro atoms. The van der Waals surface area contributed by atoms with Crippen molar-refractivity contribution in [1.82, 2.24) is 14.1 Å². The summed E-state index contributed by atoms with van der Waals surface area (Å²) in [4.78, 5) is 28.4. The van der Waals surface area contributed by atoms with Crippen molar-refractivity contribution in [1.29, 1.82) is 0 Å². The van der Waals surface area contributed by atoms with E-state index in [1.165, 1.54) is 16.4 Å². The Morgan fingerprint density at radius 3 is 2.46 bits per heavy atom. The van der Waals surface area contributed by atoms with Crippen LogP contribution in [0.15, 0.2) is 29.2 Å². The lowest BCUT2D eigenvalue weighted by atomic mass is 10.2. The summed E-state index contributed by atoms with van der Waals surface area (Å²) in [6, 6.07) is 4.27. The second-order valence-corrected chi connectivity index (χ2v) is 10.9. The lowest BCUT2D eigenvalue weighted by Crippen LogP contribution is -2.56. The van der Waals surface area contributed by atoms with Gasteiger partial charge in [-0.05, 0) is 37.6 Å². The Kier molecular flexibility index (Phi) is 4.91. The van der Waals surface area contributed by atoms with Gasteiger partial charge in [0.05, 0.1) is 9.77 Å². The Morgan fingerprint density at radius 1 is 1.18 bits per heavy atom. The van der Waals surface area contributed by atoms with Crippen LogP contribution >= 0.6 is 11.8 Å². The molecule has 7 nitrogen and oxygen atoms in total. The Hall–Kier alpha value is -1.65. The van der Waals surface area contributed by atoms with Gasteiger partial charge >= 0.3 is 0 Å². The Balaban J connectivity index is 1.42. The number of hydrogen-bond acceptors (Lipinski definition) is 5. The molecular weight excluding hydrogens is 405 g/mol. The second kappa shape index (κ2) is 7.00. The third-order valence-electron chi connectivity index (χ3n) is 5.73. The molecule has 0 bridgehead atoms. The molecule has 0 saturated carbocycles. The largest absolute Gasteiger partial charge is 0.338 e. The van der Waals surface area contributed by atoms with E-state index in [1.807, 2.05) is 6.92 Å². The molecule has 4 rings (SSSR count). The van der Waals surface area contributed by atoms with Gasteiger partial charge in [0.15, 0.2) is 0 Å². The molecule has 0 radical (unpaired) electrons. The minimum Gasteiger partial charge on any atom is -0.338 e. The van der Waals surface area contributed by atoms with Crippen LogP contribution in [0.4, 0.5) is 4.39 Å². The summed E-state index contributed by atoms with van der Waals surface area (Å²) < 4.78 is 39.8. The first-order chi connectivity index (χ1) is 13.2. The third kappa shape index (κ3) is 3.21. The van der Waals surface area contributed by atoms with Gasteiger partial charge < -0.3 is 9.80 Å². The summed E-state index contributed by atoms with van der Waals surface area (Å²) in [6.07, 6.45) is 1.22. The van der Waals surface area contributed by atoms with Crippen LogP contribution in [0.25, 0.3) is 0 Å². The highest BCUT2D eigenvalue weighted by molar-refractivity contribution is 8.01. The highest BCUT2D eigenvalue weighted by atomic mass is 32.2. The van der Waals surface area contributed by atoms with Gasteiger partial charge in [0, 0.05) is 38.4 Å². The predicted molar refractivity (Wildman–Crippen MR) is 102 cm³/mol. The van der Waals surface area contributed by atoms with Crippen LogP contribution < -0.4 is 0 Å². The average molecular weight is 428 g/mol. The first-order valence-electron chi connectivity index (χ1n) is 9.23. The van der Waals surface area contributed by atoms with Gasteiger partial charge in [-0.15, -0.1) is 11.8 Å². The zero-order valence-electron chi connectivity index (χ0n) is 15.5. The summed E-state index contributed by atoms with van der Waals surface area (Å²) in [5.41, 5.74) is 0. The van der Waals surface area contributed by atoms with Gasteiger partial charge in [0.25, 0.3) is 0 Å². The Bertz CT molecular complexity index is 900. The van der Waals surface area contributed by atoms with E-state index < -0.39 is 21.9 Å². The number of thioether (sulfide) groups is 1. The summed E-state index contributed by atoms with van der Waals surface area (Å²) >= 11 is 1.64. The molecule has 1 aromatic carbocycles. The van der Waals surface area contributed by atoms with Crippen molar-refractivity contribution in [2.45, 2.75) is 35.6 Å². The molecule has 1 aromatic rings. The van der Waals surface area contributed by atoms with E-state index >= 15 is 0 Å². The highest BCUT2D eigenvalue weighted by Crippen LogP contribution is 2.47. The van der Waals surface area contributed by atoms with Gasteiger partial charge in [0.1, 0.15) is 11.9 Å². The van der Waals surface area contributed by atoms with Crippen LogP contribution in [0.3, 0.4) is 0 Å². The number of amides is 2. The fourth-order valence-corrected chi connectivity index (χ4v) is 6.96. The molecule has 3 aliphatic rings. The Morgan fingerprint density at radius 2 is 1.82 bits per heavy atom. The second-order valence-electron chi connectivity index (χ2n) is 7.45. The molecule has 3 saturated heterocycles. The van der Waals surface area contributed by atoms with Crippen molar-refractivity contribution in [3.63, 3.8) is 0 Å². The average Bonchev–Trinajstić information content (AvgIpc) is 3.17. The van der Waals surface area contributed by atoms with Crippen LogP contribution in [0.5, 0.6) is 0 Å². The van der Waals surface area contributed by atoms with E-state index in [9.17, 15) is 22.4 Å². The van der Waals surface area contributed by atoms with E-state index in [4.69, 9.17) is 0 Å². The van der Waals surface area contributed by atoms with Crippen molar-refractivity contribution in [3.8, 4) is 0 Å². The number of benzene rings is 1. The van der Waals surface area contributed by atoms with Crippen molar-refractivity contribution < 1.29 is 22.4 Å². The molecule has 3 fully saturated rings. The molecule has 152 valence electrons. The van der Waals surface area contributed by atoms with Crippen LogP contribution in [0, 0.1) is 5.82 Å². The zero-order valence-corrected chi connectivity index (χ0v) is 17.1. The molecule has 3 aliphatic heterocycles. The van der Waals surface area contributed by atoms with Gasteiger partial charge in [-0.25, -0.2) is 12.8 Å². The summed E-state index contributed by atoms with van der Waals surface area (Å²) in [5, 5.41) is 0. The van der Waals surface area contributed by atoms with Gasteiger partial charge in [-0.3, -0.25) is 9.59 Å². The molecule has 0 aliphatic carbocycles. The lowest BCUT2D eigenvalue weighted by Gasteiger charge is -2.37. The Labute approximate surface area is 167 Å². The fraction of sp³-hybridized carbons (Fsp3) is 0.556. The van der Waals surface area contributed by atoms with Gasteiger partial charge in [0.2, 0.25) is 21.8 Å². The number of hydrogen-bond donors (Lipinski definition) is 0. The number of carbonyl (C=O) groups is 2. The van der Waals surface area contributed by atoms with Gasteiger partial charge in [-0.2, -0.15) is 4.31 Å². The quantitative estimate of drug-likeness (QED) is 0.722. The molecule has 0 aromatic heterocycles. The number of piperazine rings is 1. The van der Waals surface area contributed by atoms with E-state index in [2.05, 4.69) is 0 Å². The lowest BCUT2D eigenvalue weighted by molar-refractivity contribution is -0.144. The van der Waals surface area contributed by atoms with Crippen molar-refractivity contribution in [2.75, 3.05) is 31.9 Å². The minimum absolute atomic E-state index is 0.0170. The van der Waals surface area contributed by atoms with E-state index in [0.29, 0.717) is 12.2 Å².